The highest BCUT2D eigenvalue weighted by Crippen LogP contribution is 2.34. The van der Waals surface area contributed by atoms with Gasteiger partial charge in [-0.3, -0.25) is 4.79 Å². The van der Waals surface area contributed by atoms with Crippen molar-refractivity contribution >= 4 is 23.4 Å². The zero-order valence-electron chi connectivity index (χ0n) is 12.5. The van der Waals surface area contributed by atoms with Gasteiger partial charge in [0.1, 0.15) is 6.10 Å². The molecule has 2 aromatic rings. The van der Waals surface area contributed by atoms with Crippen LogP contribution in [0.25, 0.3) is 0 Å². The van der Waals surface area contributed by atoms with E-state index in [0.717, 1.165) is 5.56 Å². The van der Waals surface area contributed by atoms with Crippen LogP contribution in [0.1, 0.15) is 28.5 Å². The van der Waals surface area contributed by atoms with Gasteiger partial charge in [0.15, 0.2) is 11.6 Å². The number of aromatic nitrogens is 2. The number of halogens is 1. The third kappa shape index (κ3) is 3.19. The average molecular weight is 331 g/mol. The number of carbonyl (C=O) groups excluding carboxylic acids is 2. The van der Waals surface area contributed by atoms with Crippen molar-refractivity contribution < 1.29 is 14.3 Å². The second kappa shape index (κ2) is 6.38. The Kier molecular flexibility index (Phi) is 4.30. The smallest absolute Gasteiger partial charge is 0.331 e. The zero-order chi connectivity index (χ0) is 16.4. The number of ether oxygens (including phenoxy) is 1. The first-order valence-electron chi connectivity index (χ1n) is 7.20. The van der Waals surface area contributed by atoms with Crippen molar-refractivity contribution in [1.82, 2.24) is 9.55 Å². The van der Waals surface area contributed by atoms with E-state index in [1.807, 2.05) is 18.2 Å². The van der Waals surface area contributed by atoms with E-state index in [9.17, 15) is 9.59 Å². The molecular weight excluding hydrogens is 316 g/mol. The van der Waals surface area contributed by atoms with Gasteiger partial charge in [-0.15, -0.1) is 0 Å². The maximum absolute atomic E-state index is 12.6. The molecule has 0 saturated carbocycles. The summed E-state index contributed by atoms with van der Waals surface area (Å²) < 4.78 is 6.96. The van der Waals surface area contributed by atoms with Crippen LogP contribution < -0.4 is 0 Å². The molecule has 1 aliphatic rings. The van der Waals surface area contributed by atoms with Crippen molar-refractivity contribution in [3.05, 3.63) is 65.2 Å². The second-order valence-electron chi connectivity index (χ2n) is 5.38. The molecule has 23 heavy (non-hydrogen) atoms. The summed E-state index contributed by atoms with van der Waals surface area (Å²) in [7, 11) is 1.76. The van der Waals surface area contributed by atoms with Crippen LogP contribution in [-0.2, 0) is 16.6 Å². The van der Waals surface area contributed by atoms with Crippen LogP contribution in [-0.4, -0.2) is 27.4 Å². The molecule has 118 valence electrons. The third-order valence-electron chi connectivity index (χ3n) is 3.85. The van der Waals surface area contributed by atoms with Gasteiger partial charge in [0.2, 0.25) is 0 Å². The standard InChI is InChI=1S/C17H15ClN2O3/c1-20-9-8-19-17(20)14(21)10-12(15-6-7-16(22)23-15)11-4-2-3-5-13(11)18/h2-9,12,15H,10H2,1H3/t12-,15-/m1/s1. The van der Waals surface area contributed by atoms with Crippen LogP contribution >= 0.6 is 11.6 Å². The fraction of sp³-hybridized carbons (Fsp3) is 0.235. The number of benzene rings is 1. The van der Waals surface area contributed by atoms with E-state index in [2.05, 4.69) is 4.98 Å². The van der Waals surface area contributed by atoms with Gasteiger partial charge in [-0.2, -0.15) is 0 Å². The Morgan fingerprint density at radius 3 is 2.83 bits per heavy atom. The van der Waals surface area contributed by atoms with Crippen molar-refractivity contribution in [3.8, 4) is 0 Å². The summed E-state index contributed by atoms with van der Waals surface area (Å²) in [5.74, 6) is -0.513. The van der Waals surface area contributed by atoms with Crippen molar-refractivity contribution in [2.24, 2.45) is 7.05 Å². The first-order chi connectivity index (χ1) is 11.1. The molecule has 0 unspecified atom stereocenters. The normalized spacial score (nSPS) is 18.0. The summed E-state index contributed by atoms with van der Waals surface area (Å²) in [4.78, 5) is 28.0. The van der Waals surface area contributed by atoms with Gasteiger partial charge in [-0.05, 0) is 17.7 Å². The van der Waals surface area contributed by atoms with Crippen LogP contribution in [0.2, 0.25) is 5.02 Å². The van der Waals surface area contributed by atoms with E-state index in [-0.39, 0.29) is 18.1 Å². The summed E-state index contributed by atoms with van der Waals surface area (Å²) in [6.45, 7) is 0. The number of esters is 1. The molecule has 1 aromatic heterocycles. The Balaban J connectivity index is 1.91. The first kappa shape index (κ1) is 15.5. The van der Waals surface area contributed by atoms with E-state index in [4.69, 9.17) is 16.3 Å². The van der Waals surface area contributed by atoms with Gasteiger partial charge >= 0.3 is 5.97 Å². The number of Topliss-reactive ketones (excluding diaryl/α,β-unsaturated/α-hetero) is 1. The summed E-state index contributed by atoms with van der Waals surface area (Å²) in [6, 6.07) is 7.27. The number of ketones is 1. The van der Waals surface area contributed by atoms with Gasteiger partial charge in [-0.25, -0.2) is 9.78 Å². The maximum Gasteiger partial charge on any atom is 0.331 e. The van der Waals surface area contributed by atoms with Crippen LogP contribution in [0.3, 0.4) is 0 Å². The van der Waals surface area contributed by atoms with E-state index >= 15 is 0 Å². The Morgan fingerprint density at radius 2 is 2.22 bits per heavy atom. The summed E-state index contributed by atoms with van der Waals surface area (Å²) in [6.07, 6.45) is 5.98. The lowest BCUT2D eigenvalue weighted by Crippen LogP contribution is -2.23. The Labute approximate surface area is 138 Å². The van der Waals surface area contributed by atoms with Gasteiger partial charge in [0.25, 0.3) is 0 Å². The number of cyclic esters (lactones) is 1. The van der Waals surface area contributed by atoms with Crippen LogP contribution in [0.15, 0.2) is 48.8 Å². The van der Waals surface area contributed by atoms with E-state index < -0.39 is 12.1 Å². The number of carbonyl (C=O) groups is 2. The monoisotopic (exact) mass is 330 g/mol. The van der Waals surface area contributed by atoms with Gasteiger partial charge < -0.3 is 9.30 Å². The molecule has 0 saturated heterocycles. The van der Waals surface area contributed by atoms with Crippen LogP contribution in [0.5, 0.6) is 0 Å². The molecule has 1 aliphatic heterocycles. The van der Waals surface area contributed by atoms with E-state index in [0.29, 0.717) is 10.8 Å². The largest absolute Gasteiger partial charge is 0.454 e. The number of rotatable bonds is 5. The quantitative estimate of drug-likeness (QED) is 0.624. The molecule has 0 amide bonds. The number of imidazole rings is 1. The highest BCUT2D eigenvalue weighted by atomic mass is 35.5. The molecule has 3 rings (SSSR count). The number of hydrogen-bond donors (Lipinski definition) is 0. The lowest BCUT2D eigenvalue weighted by Gasteiger charge is -2.22. The minimum absolute atomic E-state index is 0.126. The molecule has 0 fully saturated rings. The Hall–Kier alpha value is -2.40. The van der Waals surface area contributed by atoms with Crippen LogP contribution in [0.4, 0.5) is 0 Å². The lowest BCUT2D eigenvalue weighted by atomic mass is 9.88. The fourth-order valence-corrected chi connectivity index (χ4v) is 2.98. The Morgan fingerprint density at radius 1 is 1.43 bits per heavy atom. The Bertz CT molecular complexity index is 782. The zero-order valence-corrected chi connectivity index (χ0v) is 13.2. The SMILES string of the molecule is Cn1ccnc1C(=O)C[C@H](c1ccccc1Cl)[C@H]1C=CC(=O)O1. The first-order valence-corrected chi connectivity index (χ1v) is 7.58. The van der Waals surface area contributed by atoms with Gasteiger partial charge in [0.05, 0.1) is 0 Å². The minimum atomic E-state index is -0.508. The predicted octanol–water partition coefficient (Wildman–Crippen LogP) is 2.91. The van der Waals surface area contributed by atoms with Crippen molar-refractivity contribution in [2.45, 2.75) is 18.4 Å². The lowest BCUT2D eigenvalue weighted by molar-refractivity contribution is -0.139. The molecule has 0 aliphatic carbocycles. The van der Waals surface area contributed by atoms with E-state index in [1.54, 1.807) is 36.2 Å². The molecule has 0 bridgehead atoms. The molecule has 2 atom stereocenters. The molecule has 2 heterocycles. The highest BCUT2D eigenvalue weighted by molar-refractivity contribution is 6.31. The number of nitrogens with zero attached hydrogens (tertiary/aromatic N) is 2. The second-order valence-corrected chi connectivity index (χ2v) is 5.78. The molecule has 0 N–H and O–H groups in total. The predicted molar refractivity (Wildman–Crippen MR) is 85.4 cm³/mol. The van der Waals surface area contributed by atoms with Gasteiger partial charge in [0, 0.05) is 42.9 Å². The van der Waals surface area contributed by atoms with Crippen molar-refractivity contribution in [3.63, 3.8) is 0 Å². The topological polar surface area (TPSA) is 61.2 Å². The highest BCUT2D eigenvalue weighted by Gasteiger charge is 2.32. The van der Waals surface area contributed by atoms with Crippen molar-refractivity contribution in [2.75, 3.05) is 0 Å². The molecule has 5 nitrogen and oxygen atoms in total. The summed E-state index contributed by atoms with van der Waals surface area (Å²) in [5, 5.41) is 0.543. The minimum Gasteiger partial charge on any atom is -0.454 e. The average Bonchev–Trinajstić information content (AvgIpc) is 3.14. The third-order valence-corrected chi connectivity index (χ3v) is 4.20. The molecule has 6 heteroatoms. The van der Waals surface area contributed by atoms with Crippen molar-refractivity contribution in [1.29, 1.82) is 0 Å². The van der Waals surface area contributed by atoms with Gasteiger partial charge in [-0.1, -0.05) is 29.8 Å². The fourth-order valence-electron chi connectivity index (χ4n) is 2.71. The molecule has 0 spiro atoms. The maximum atomic E-state index is 12.6. The van der Waals surface area contributed by atoms with Crippen LogP contribution in [0, 0.1) is 0 Å². The number of hydrogen-bond acceptors (Lipinski definition) is 4. The summed E-state index contributed by atoms with van der Waals surface area (Å²) >= 11 is 6.28. The molecular formula is C17H15ClN2O3. The summed E-state index contributed by atoms with van der Waals surface area (Å²) in [5.41, 5.74) is 0.779. The number of aryl methyl sites for hydroxylation is 1. The van der Waals surface area contributed by atoms with E-state index in [1.165, 1.54) is 6.08 Å². The molecule has 0 radical (unpaired) electrons. The molecule has 1 aromatic carbocycles.